The molecule has 0 heterocycles. The zero-order valence-corrected chi connectivity index (χ0v) is 14.1. The molecule has 1 saturated carbocycles. The van der Waals surface area contributed by atoms with Gasteiger partial charge in [-0.15, -0.1) is 0 Å². The van der Waals surface area contributed by atoms with Crippen LogP contribution in [0.3, 0.4) is 0 Å². The van der Waals surface area contributed by atoms with E-state index in [2.05, 4.69) is 37.2 Å². The van der Waals surface area contributed by atoms with Crippen molar-refractivity contribution in [2.24, 2.45) is 5.73 Å². The van der Waals surface area contributed by atoms with Gasteiger partial charge in [-0.3, -0.25) is 4.79 Å². The van der Waals surface area contributed by atoms with Crippen molar-refractivity contribution >= 4 is 43.5 Å². The van der Waals surface area contributed by atoms with E-state index >= 15 is 0 Å². The Hall–Kier alpha value is -0.390. The fraction of sp³-hybridized carbons (Fsp3) is 0.500. The normalized spacial score (nSPS) is 17.5. The summed E-state index contributed by atoms with van der Waals surface area (Å²) >= 11 is 6.95. The SMILES string of the molecule is Cc1cc(Br)c(NC(=O)CC2(N)CCCC2)c(Br)c1. The summed E-state index contributed by atoms with van der Waals surface area (Å²) in [5.74, 6) is -0.0188. The van der Waals surface area contributed by atoms with Gasteiger partial charge in [0.2, 0.25) is 5.91 Å². The van der Waals surface area contributed by atoms with Gasteiger partial charge in [0.05, 0.1) is 5.69 Å². The Bertz CT molecular complexity index is 473. The van der Waals surface area contributed by atoms with Crippen LogP contribution in [0.15, 0.2) is 21.1 Å². The van der Waals surface area contributed by atoms with Gasteiger partial charge in [-0.25, -0.2) is 0 Å². The molecule has 0 unspecified atom stereocenters. The second-order valence-corrected chi connectivity index (χ2v) is 7.11. The van der Waals surface area contributed by atoms with Crippen LogP contribution < -0.4 is 11.1 Å². The van der Waals surface area contributed by atoms with Crippen LogP contribution in [0.2, 0.25) is 0 Å². The molecule has 3 nitrogen and oxygen atoms in total. The van der Waals surface area contributed by atoms with Crippen molar-refractivity contribution in [1.82, 2.24) is 0 Å². The van der Waals surface area contributed by atoms with Crippen molar-refractivity contribution in [2.75, 3.05) is 5.32 Å². The third kappa shape index (κ3) is 3.80. The Morgan fingerprint density at radius 2 is 1.84 bits per heavy atom. The van der Waals surface area contributed by atoms with Gasteiger partial charge < -0.3 is 11.1 Å². The lowest BCUT2D eigenvalue weighted by molar-refractivity contribution is -0.117. The quantitative estimate of drug-likeness (QED) is 0.816. The van der Waals surface area contributed by atoms with Crippen LogP contribution in [0.5, 0.6) is 0 Å². The van der Waals surface area contributed by atoms with Crippen LogP contribution >= 0.6 is 31.9 Å². The first-order valence-corrected chi connectivity index (χ1v) is 8.03. The molecule has 0 bridgehead atoms. The Labute approximate surface area is 130 Å². The topological polar surface area (TPSA) is 55.1 Å². The van der Waals surface area contributed by atoms with Gasteiger partial charge in [0.1, 0.15) is 0 Å². The number of nitrogens with one attached hydrogen (secondary N) is 1. The molecule has 0 saturated heterocycles. The van der Waals surface area contributed by atoms with E-state index in [1.54, 1.807) is 0 Å². The first-order chi connectivity index (χ1) is 8.89. The molecule has 1 aliphatic rings. The average molecular weight is 390 g/mol. The molecule has 104 valence electrons. The highest BCUT2D eigenvalue weighted by Gasteiger charge is 2.31. The van der Waals surface area contributed by atoms with Crippen LogP contribution in [-0.2, 0) is 4.79 Å². The van der Waals surface area contributed by atoms with Crippen LogP contribution in [0, 0.1) is 6.92 Å². The number of anilines is 1. The number of hydrogen-bond acceptors (Lipinski definition) is 2. The van der Waals surface area contributed by atoms with E-state index < -0.39 is 0 Å². The molecule has 1 amide bonds. The van der Waals surface area contributed by atoms with Crippen LogP contribution in [0.1, 0.15) is 37.7 Å². The molecular formula is C14H18Br2N2O. The maximum absolute atomic E-state index is 12.1. The number of rotatable bonds is 3. The smallest absolute Gasteiger partial charge is 0.226 e. The minimum absolute atomic E-state index is 0.0188. The summed E-state index contributed by atoms with van der Waals surface area (Å²) in [5, 5.41) is 2.95. The van der Waals surface area contributed by atoms with Crippen molar-refractivity contribution in [3.05, 3.63) is 26.6 Å². The fourth-order valence-electron chi connectivity index (χ4n) is 2.58. The molecule has 0 aromatic heterocycles. The number of carbonyl (C=O) groups is 1. The van der Waals surface area contributed by atoms with E-state index in [1.165, 1.54) is 0 Å². The van der Waals surface area contributed by atoms with E-state index in [4.69, 9.17) is 5.73 Å². The first kappa shape index (κ1) is 15.0. The van der Waals surface area contributed by atoms with E-state index in [-0.39, 0.29) is 11.4 Å². The third-order valence-electron chi connectivity index (χ3n) is 3.56. The van der Waals surface area contributed by atoms with E-state index in [9.17, 15) is 4.79 Å². The summed E-state index contributed by atoms with van der Waals surface area (Å²) in [4.78, 5) is 12.1. The molecule has 1 aliphatic carbocycles. The zero-order valence-electron chi connectivity index (χ0n) is 10.9. The Balaban J connectivity index is 2.07. The third-order valence-corrected chi connectivity index (χ3v) is 4.81. The lowest BCUT2D eigenvalue weighted by Crippen LogP contribution is -2.40. The van der Waals surface area contributed by atoms with Crippen LogP contribution in [-0.4, -0.2) is 11.4 Å². The largest absolute Gasteiger partial charge is 0.325 e. The molecule has 2 rings (SSSR count). The van der Waals surface area contributed by atoms with Crippen molar-refractivity contribution < 1.29 is 4.79 Å². The van der Waals surface area contributed by atoms with Crippen molar-refractivity contribution in [3.63, 3.8) is 0 Å². The van der Waals surface area contributed by atoms with Gasteiger partial charge in [0.25, 0.3) is 0 Å². The van der Waals surface area contributed by atoms with Gasteiger partial charge >= 0.3 is 0 Å². The lowest BCUT2D eigenvalue weighted by atomic mass is 9.94. The van der Waals surface area contributed by atoms with Crippen LogP contribution in [0.4, 0.5) is 5.69 Å². The molecule has 0 spiro atoms. The number of nitrogens with two attached hydrogens (primary N) is 1. The molecule has 1 aromatic carbocycles. The molecule has 1 aromatic rings. The molecular weight excluding hydrogens is 372 g/mol. The monoisotopic (exact) mass is 388 g/mol. The van der Waals surface area contributed by atoms with Gasteiger partial charge in [-0.05, 0) is 69.3 Å². The Morgan fingerprint density at radius 3 is 2.37 bits per heavy atom. The summed E-state index contributed by atoms with van der Waals surface area (Å²) < 4.78 is 1.76. The van der Waals surface area contributed by atoms with Crippen molar-refractivity contribution in [3.8, 4) is 0 Å². The number of aryl methyl sites for hydroxylation is 1. The van der Waals surface area contributed by atoms with E-state index in [1.807, 2.05) is 19.1 Å². The Kier molecular flexibility index (Phi) is 4.69. The molecule has 1 fully saturated rings. The van der Waals surface area contributed by atoms with Crippen LogP contribution in [0.25, 0.3) is 0 Å². The van der Waals surface area contributed by atoms with Crippen molar-refractivity contribution in [1.29, 1.82) is 0 Å². The summed E-state index contributed by atoms with van der Waals surface area (Å²) in [6.45, 7) is 2.01. The summed E-state index contributed by atoms with van der Waals surface area (Å²) in [6, 6.07) is 3.96. The summed E-state index contributed by atoms with van der Waals surface area (Å²) in [6.07, 6.45) is 4.52. The van der Waals surface area contributed by atoms with Gasteiger partial charge in [0, 0.05) is 20.9 Å². The van der Waals surface area contributed by atoms with Gasteiger partial charge in [-0.1, -0.05) is 12.8 Å². The van der Waals surface area contributed by atoms with Crippen molar-refractivity contribution in [2.45, 2.75) is 44.6 Å². The highest BCUT2D eigenvalue weighted by molar-refractivity contribution is 9.11. The number of carbonyl (C=O) groups excluding carboxylic acids is 1. The van der Waals surface area contributed by atoms with E-state index in [0.717, 1.165) is 45.9 Å². The highest BCUT2D eigenvalue weighted by atomic mass is 79.9. The molecule has 3 N–H and O–H groups in total. The minimum atomic E-state index is -0.312. The predicted octanol–water partition coefficient (Wildman–Crippen LogP) is 4.12. The molecule has 0 radical (unpaired) electrons. The fourth-order valence-corrected chi connectivity index (χ4v) is 4.19. The number of halogens is 2. The standard InChI is InChI=1S/C14H18Br2N2O/c1-9-6-10(15)13(11(16)7-9)18-12(19)8-14(17)4-2-3-5-14/h6-7H,2-5,8,17H2,1H3,(H,18,19). The zero-order chi connectivity index (χ0) is 14.0. The number of benzene rings is 1. The predicted molar refractivity (Wildman–Crippen MR) is 85.2 cm³/mol. The minimum Gasteiger partial charge on any atom is -0.325 e. The lowest BCUT2D eigenvalue weighted by Gasteiger charge is -2.23. The molecule has 0 atom stereocenters. The molecule has 19 heavy (non-hydrogen) atoms. The number of hydrogen-bond donors (Lipinski definition) is 2. The number of amides is 1. The highest BCUT2D eigenvalue weighted by Crippen LogP contribution is 2.34. The second-order valence-electron chi connectivity index (χ2n) is 5.40. The maximum atomic E-state index is 12.1. The second kappa shape index (κ2) is 5.94. The summed E-state index contributed by atoms with van der Waals surface area (Å²) in [7, 11) is 0. The van der Waals surface area contributed by atoms with Gasteiger partial charge in [0.15, 0.2) is 0 Å². The van der Waals surface area contributed by atoms with E-state index in [0.29, 0.717) is 6.42 Å². The van der Waals surface area contributed by atoms with Gasteiger partial charge in [-0.2, -0.15) is 0 Å². The first-order valence-electron chi connectivity index (χ1n) is 6.44. The molecule has 0 aliphatic heterocycles. The molecule has 5 heteroatoms. The average Bonchev–Trinajstić information content (AvgIpc) is 2.70. The Morgan fingerprint density at radius 1 is 1.32 bits per heavy atom. The maximum Gasteiger partial charge on any atom is 0.226 e. The summed E-state index contributed by atoms with van der Waals surface area (Å²) in [5.41, 5.74) is 7.82.